The van der Waals surface area contributed by atoms with Crippen molar-refractivity contribution < 1.29 is 47.1 Å². The molecular formula is C17H37NaO4SSe. The molecule has 0 radical (unpaired) electrons. The van der Waals surface area contributed by atoms with Gasteiger partial charge in [0.2, 0.25) is 0 Å². The Balaban J connectivity index is -0.000000639. The number of hydrogen-bond donors (Lipinski definition) is 2. The molecule has 0 aliphatic heterocycles. The molecule has 4 nitrogen and oxygen atoms in total. The molecule has 0 saturated heterocycles. The van der Waals surface area contributed by atoms with Crippen LogP contribution in [0.25, 0.3) is 0 Å². The molecule has 0 heterocycles. The first-order chi connectivity index (χ1) is 10.9. The van der Waals surface area contributed by atoms with E-state index in [-0.39, 0.29) is 29.6 Å². The molecule has 0 aromatic rings. The van der Waals surface area contributed by atoms with E-state index < -0.39 is 10.4 Å². The van der Waals surface area contributed by atoms with Crippen LogP contribution in [-0.2, 0) is 10.4 Å². The van der Waals surface area contributed by atoms with E-state index in [4.69, 9.17) is 17.5 Å². The minimum absolute atomic E-state index is 0. The summed E-state index contributed by atoms with van der Waals surface area (Å²) in [5, 5.41) is 2.89. The van der Waals surface area contributed by atoms with Gasteiger partial charge in [0.05, 0.1) is 0 Å². The second kappa shape index (κ2) is 24.4. The molecular weight excluding hydrogens is 402 g/mol. The standard InChI is InChI=1S/C17H35Se.Na.H2O4S/c1-3-5-6-7-8-9-10-11-12-13-14-15-17-18-16-4-2;;1-5(2,3)4/h2-17H2,1H3;;(H2,1,2,3,4)/q-1;+1;. The molecule has 0 aromatic heterocycles. The Morgan fingerprint density at radius 1 is 0.750 bits per heavy atom. The second-order valence-corrected chi connectivity index (χ2v) is 9.27. The molecule has 0 rings (SSSR count). The average Bonchev–Trinajstić information content (AvgIpc) is 2.46. The zero-order valence-corrected chi connectivity index (χ0v) is 20.4. The maximum absolute atomic E-state index is 8.74. The van der Waals surface area contributed by atoms with Crippen LogP contribution in [0.1, 0.15) is 90.4 Å². The van der Waals surface area contributed by atoms with E-state index in [9.17, 15) is 0 Å². The van der Waals surface area contributed by atoms with Gasteiger partial charge in [0.15, 0.2) is 0 Å². The molecule has 0 spiro atoms. The first-order valence-corrected chi connectivity index (χ1v) is 12.8. The molecule has 7 heteroatoms. The van der Waals surface area contributed by atoms with Crippen LogP contribution in [0.4, 0.5) is 0 Å². The third-order valence-electron chi connectivity index (χ3n) is 3.43. The number of hydrogen-bond acceptors (Lipinski definition) is 2. The molecule has 0 fully saturated rings. The van der Waals surface area contributed by atoms with Crippen LogP contribution in [0.3, 0.4) is 0 Å². The van der Waals surface area contributed by atoms with E-state index in [1.54, 1.807) is 0 Å². The smallest absolute Gasteiger partial charge is 0.0654 e. The molecule has 142 valence electrons. The Morgan fingerprint density at radius 2 is 1.08 bits per heavy atom. The third-order valence-corrected chi connectivity index (χ3v) is 5.85. The van der Waals surface area contributed by atoms with Crippen molar-refractivity contribution in [3.8, 4) is 0 Å². The molecule has 0 saturated carbocycles. The zero-order valence-electron chi connectivity index (χ0n) is 15.8. The Bertz CT molecular complexity index is 290. The predicted octanol–water partition coefficient (Wildman–Crippen LogP) is 2.80. The van der Waals surface area contributed by atoms with Crippen molar-refractivity contribution in [2.24, 2.45) is 0 Å². The van der Waals surface area contributed by atoms with Gasteiger partial charge in [-0.1, -0.05) is 13.3 Å². The number of unbranched alkanes of at least 4 members (excludes halogenated alkanes) is 11. The third kappa shape index (κ3) is 43.6. The summed E-state index contributed by atoms with van der Waals surface area (Å²) in [4.78, 5) is 0. The van der Waals surface area contributed by atoms with Crippen LogP contribution in [-0.4, -0.2) is 32.5 Å². The van der Waals surface area contributed by atoms with Gasteiger partial charge < -0.3 is 0 Å². The minimum Gasteiger partial charge on any atom is -0.0654 e. The molecule has 0 amide bonds. The fourth-order valence-electron chi connectivity index (χ4n) is 2.25. The monoisotopic (exact) mass is 440 g/mol. The van der Waals surface area contributed by atoms with Crippen LogP contribution in [0.15, 0.2) is 0 Å². The van der Waals surface area contributed by atoms with Crippen LogP contribution in [0, 0.1) is 6.92 Å². The Kier molecular flexibility index (Phi) is 30.6. The van der Waals surface area contributed by atoms with Crippen LogP contribution in [0.5, 0.6) is 0 Å². The predicted molar refractivity (Wildman–Crippen MR) is 101 cm³/mol. The van der Waals surface area contributed by atoms with Crippen molar-refractivity contribution in [3.63, 3.8) is 0 Å². The van der Waals surface area contributed by atoms with Gasteiger partial charge in [0, 0.05) is 0 Å². The summed E-state index contributed by atoms with van der Waals surface area (Å²) < 4.78 is 31.6. The first kappa shape index (κ1) is 30.1. The minimum atomic E-state index is -4.67. The van der Waals surface area contributed by atoms with Gasteiger partial charge in [-0.15, -0.1) is 0 Å². The summed E-state index contributed by atoms with van der Waals surface area (Å²) in [6, 6.07) is 0. The first-order valence-electron chi connectivity index (χ1n) is 8.98. The van der Waals surface area contributed by atoms with Crippen molar-refractivity contribution in [2.45, 2.75) is 101 Å². The SMILES string of the molecule is O=S(=O)(O)O.[CH2-]CC[Se]CCCCCCCCCCCCCC.[Na+]. The number of rotatable bonds is 15. The molecule has 0 atom stereocenters. The van der Waals surface area contributed by atoms with Crippen molar-refractivity contribution in [3.05, 3.63) is 6.92 Å². The average molecular weight is 439 g/mol. The van der Waals surface area contributed by atoms with Gasteiger partial charge in [-0.25, -0.2) is 0 Å². The van der Waals surface area contributed by atoms with Crippen LogP contribution in [0.2, 0.25) is 10.6 Å². The van der Waals surface area contributed by atoms with E-state index in [1.807, 2.05) is 0 Å². The van der Waals surface area contributed by atoms with Crippen molar-refractivity contribution in [2.75, 3.05) is 0 Å². The molecule has 0 aromatic carbocycles. The summed E-state index contributed by atoms with van der Waals surface area (Å²) in [7, 11) is -4.67. The quantitative estimate of drug-likeness (QED) is 0.178. The van der Waals surface area contributed by atoms with Gasteiger partial charge in [0.1, 0.15) is 0 Å². The molecule has 24 heavy (non-hydrogen) atoms. The van der Waals surface area contributed by atoms with Crippen molar-refractivity contribution >= 4 is 25.4 Å². The molecule has 2 N–H and O–H groups in total. The van der Waals surface area contributed by atoms with E-state index >= 15 is 0 Å². The fourth-order valence-corrected chi connectivity index (χ4v) is 3.96. The molecule has 0 aliphatic carbocycles. The molecule has 0 aliphatic rings. The van der Waals surface area contributed by atoms with Gasteiger partial charge in [-0.3, -0.25) is 9.11 Å². The molecule has 0 unspecified atom stereocenters. The van der Waals surface area contributed by atoms with E-state index in [1.165, 1.54) is 87.7 Å². The summed E-state index contributed by atoms with van der Waals surface area (Å²) in [6.07, 6.45) is 18.8. The summed E-state index contributed by atoms with van der Waals surface area (Å²) in [5.41, 5.74) is 0. The van der Waals surface area contributed by atoms with Crippen molar-refractivity contribution in [1.82, 2.24) is 0 Å². The summed E-state index contributed by atoms with van der Waals surface area (Å²) in [6.45, 7) is 6.19. The maximum atomic E-state index is 8.74. The Morgan fingerprint density at radius 3 is 1.42 bits per heavy atom. The molecule has 0 bridgehead atoms. The second-order valence-electron chi connectivity index (χ2n) is 5.80. The van der Waals surface area contributed by atoms with Crippen LogP contribution >= 0.6 is 0 Å². The van der Waals surface area contributed by atoms with Gasteiger partial charge in [0.25, 0.3) is 0 Å². The Labute approximate surface area is 179 Å². The fraction of sp³-hybridized carbons (Fsp3) is 0.941. The topological polar surface area (TPSA) is 74.6 Å². The normalized spacial score (nSPS) is 10.7. The Hall–Kier alpha value is 1.39. The van der Waals surface area contributed by atoms with Gasteiger partial charge in [-0.05, 0) is 0 Å². The summed E-state index contributed by atoms with van der Waals surface area (Å²) in [5.74, 6) is 0. The van der Waals surface area contributed by atoms with Crippen molar-refractivity contribution in [1.29, 1.82) is 0 Å². The summed E-state index contributed by atoms with van der Waals surface area (Å²) >= 11 is 0.903. The van der Waals surface area contributed by atoms with Gasteiger partial charge in [-0.2, -0.15) is 8.42 Å². The van der Waals surface area contributed by atoms with E-state index in [0.29, 0.717) is 0 Å². The van der Waals surface area contributed by atoms with E-state index in [0.717, 1.165) is 21.4 Å². The zero-order chi connectivity index (χ0) is 17.8. The van der Waals surface area contributed by atoms with Gasteiger partial charge >= 0.3 is 150 Å². The van der Waals surface area contributed by atoms with E-state index in [2.05, 4.69) is 13.8 Å². The van der Waals surface area contributed by atoms with Crippen LogP contribution < -0.4 is 29.6 Å².